The number of hydrogen-bond donors (Lipinski definition) is 2. The average Bonchev–Trinajstić information content (AvgIpc) is 2.62. The summed E-state index contributed by atoms with van der Waals surface area (Å²) in [7, 11) is 4.65. The van der Waals surface area contributed by atoms with Crippen LogP contribution in [0.4, 0.5) is 11.4 Å². The molecule has 0 aliphatic carbocycles. The van der Waals surface area contributed by atoms with Crippen molar-refractivity contribution in [3.63, 3.8) is 0 Å². The summed E-state index contributed by atoms with van der Waals surface area (Å²) in [6, 6.07) is 8.72. The molecule has 0 radical (unpaired) electrons. The highest BCUT2D eigenvalue weighted by atomic mass is 35.5. The Morgan fingerprint density at radius 1 is 1.00 bits per heavy atom. The second-order valence-corrected chi connectivity index (χ2v) is 5.68. The molecule has 2 rings (SSSR count). The first-order valence-corrected chi connectivity index (χ1v) is 7.96. The minimum absolute atomic E-state index is 0.0752. The number of aryl methyl sites for hydroxylation is 1. The van der Waals surface area contributed by atoms with E-state index in [-0.39, 0.29) is 12.5 Å². The fraction of sp³-hybridized carbons (Fsp3) is 0.278. The van der Waals surface area contributed by atoms with Crippen LogP contribution in [0.5, 0.6) is 17.2 Å². The van der Waals surface area contributed by atoms with Gasteiger partial charge in [0.1, 0.15) is 5.75 Å². The largest absolute Gasteiger partial charge is 0.495 e. The summed E-state index contributed by atoms with van der Waals surface area (Å²) in [5, 5.41) is 6.46. The van der Waals surface area contributed by atoms with E-state index in [0.29, 0.717) is 33.6 Å². The van der Waals surface area contributed by atoms with Gasteiger partial charge in [-0.25, -0.2) is 0 Å². The summed E-state index contributed by atoms with van der Waals surface area (Å²) in [6.07, 6.45) is 0. The maximum absolute atomic E-state index is 12.2. The zero-order valence-corrected chi connectivity index (χ0v) is 15.4. The molecule has 0 saturated heterocycles. The maximum atomic E-state index is 12.2. The minimum atomic E-state index is -0.207. The number of hydrogen-bond acceptors (Lipinski definition) is 5. The van der Waals surface area contributed by atoms with Crippen molar-refractivity contribution in [3.05, 3.63) is 40.9 Å². The SMILES string of the molecule is COc1cc(Cl)c(C)cc1NCC(=O)Nc1ccc(OC)c(OC)c1. The Labute approximate surface area is 152 Å². The third-order valence-electron chi connectivity index (χ3n) is 3.59. The van der Waals surface area contributed by atoms with Crippen molar-refractivity contribution in [2.45, 2.75) is 6.92 Å². The average molecular weight is 365 g/mol. The van der Waals surface area contributed by atoms with Gasteiger partial charge in [-0.2, -0.15) is 0 Å². The molecule has 0 atom stereocenters. The van der Waals surface area contributed by atoms with Crippen LogP contribution in [-0.4, -0.2) is 33.8 Å². The molecule has 1 amide bonds. The quantitative estimate of drug-likeness (QED) is 0.783. The van der Waals surface area contributed by atoms with Gasteiger partial charge >= 0.3 is 0 Å². The van der Waals surface area contributed by atoms with E-state index < -0.39 is 0 Å². The fourth-order valence-corrected chi connectivity index (χ4v) is 2.42. The first-order valence-electron chi connectivity index (χ1n) is 7.58. The molecule has 0 bridgehead atoms. The Balaban J connectivity index is 2.03. The Morgan fingerprint density at radius 3 is 2.32 bits per heavy atom. The van der Waals surface area contributed by atoms with E-state index >= 15 is 0 Å². The van der Waals surface area contributed by atoms with Crippen LogP contribution >= 0.6 is 11.6 Å². The predicted molar refractivity (Wildman–Crippen MR) is 99.4 cm³/mol. The van der Waals surface area contributed by atoms with Crippen LogP contribution in [0.1, 0.15) is 5.56 Å². The van der Waals surface area contributed by atoms with E-state index in [1.807, 2.05) is 13.0 Å². The van der Waals surface area contributed by atoms with Crippen molar-refractivity contribution < 1.29 is 19.0 Å². The van der Waals surface area contributed by atoms with Crippen LogP contribution in [0.2, 0.25) is 5.02 Å². The normalized spacial score (nSPS) is 10.1. The fourth-order valence-electron chi connectivity index (χ4n) is 2.26. The van der Waals surface area contributed by atoms with Crippen molar-refractivity contribution in [3.8, 4) is 17.2 Å². The number of anilines is 2. The van der Waals surface area contributed by atoms with Crippen LogP contribution < -0.4 is 24.8 Å². The topological polar surface area (TPSA) is 68.8 Å². The molecule has 0 unspecified atom stereocenters. The van der Waals surface area contributed by atoms with Gasteiger partial charge in [0.05, 0.1) is 33.6 Å². The molecule has 134 valence electrons. The van der Waals surface area contributed by atoms with Crippen LogP contribution in [0.25, 0.3) is 0 Å². The van der Waals surface area contributed by atoms with Crippen molar-refractivity contribution in [2.75, 3.05) is 38.5 Å². The molecule has 7 heteroatoms. The van der Waals surface area contributed by atoms with Crippen LogP contribution in [0, 0.1) is 6.92 Å². The number of methoxy groups -OCH3 is 3. The Bertz CT molecular complexity index is 765. The lowest BCUT2D eigenvalue weighted by atomic mass is 10.2. The molecule has 0 aliphatic rings. The first kappa shape index (κ1) is 18.7. The van der Waals surface area contributed by atoms with Gasteiger partial charge in [0, 0.05) is 22.8 Å². The standard InChI is InChI=1S/C18H21ClN2O4/c1-11-7-14(16(24-3)9-13(11)19)20-10-18(22)21-12-5-6-15(23-2)17(8-12)25-4/h5-9,20H,10H2,1-4H3,(H,21,22). The van der Waals surface area contributed by atoms with Crippen LogP contribution in [0.3, 0.4) is 0 Å². The Hall–Kier alpha value is -2.60. The number of rotatable bonds is 7. The molecule has 2 aromatic rings. The molecule has 6 nitrogen and oxygen atoms in total. The molecule has 0 saturated carbocycles. The molecule has 2 aromatic carbocycles. The number of benzene rings is 2. The molecule has 0 aliphatic heterocycles. The first-order chi connectivity index (χ1) is 12.0. The van der Waals surface area contributed by atoms with Gasteiger partial charge in [0.15, 0.2) is 11.5 Å². The van der Waals surface area contributed by atoms with Gasteiger partial charge in [0.2, 0.25) is 5.91 Å². The number of carbonyl (C=O) groups excluding carboxylic acids is 1. The van der Waals surface area contributed by atoms with Crippen LogP contribution in [-0.2, 0) is 4.79 Å². The van der Waals surface area contributed by atoms with Gasteiger partial charge in [-0.3, -0.25) is 4.79 Å². The van der Waals surface area contributed by atoms with Crippen LogP contribution in [0.15, 0.2) is 30.3 Å². The molecule has 25 heavy (non-hydrogen) atoms. The smallest absolute Gasteiger partial charge is 0.243 e. The zero-order valence-electron chi connectivity index (χ0n) is 14.6. The van der Waals surface area contributed by atoms with Gasteiger partial charge in [-0.1, -0.05) is 11.6 Å². The monoisotopic (exact) mass is 364 g/mol. The lowest BCUT2D eigenvalue weighted by Gasteiger charge is -2.14. The van der Waals surface area contributed by atoms with Crippen molar-refractivity contribution in [2.24, 2.45) is 0 Å². The van der Waals surface area contributed by atoms with E-state index in [0.717, 1.165) is 5.56 Å². The molecule has 0 spiro atoms. The van der Waals surface area contributed by atoms with Crippen molar-refractivity contribution in [1.82, 2.24) is 0 Å². The molecule has 0 aromatic heterocycles. The lowest BCUT2D eigenvalue weighted by Crippen LogP contribution is -2.22. The van der Waals surface area contributed by atoms with E-state index in [9.17, 15) is 4.79 Å². The van der Waals surface area contributed by atoms with Crippen molar-refractivity contribution >= 4 is 28.9 Å². The van der Waals surface area contributed by atoms with Gasteiger partial charge < -0.3 is 24.8 Å². The summed E-state index contributed by atoms with van der Waals surface area (Å²) in [6.45, 7) is 1.96. The number of nitrogens with one attached hydrogen (secondary N) is 2. The molecular formula is C18H21ClN2O4. The number of amides is 1. The van der Waals surface area contributed by atoms with Gasteiger partial charge in [-0.05, 0) is 30.7 Å². The molecule has 0 heterocycles. The third-order valence-corrected chi connectivity index (χ3v) is 3.99. The highest BCUT2D eigenvalue weighted by Gasteiger charge is 2.10. The second kappa shape index (κ2) is 8.48. The van der Waals surface area contributed by atoms with E-state index in [1.165, 1.54) is 0 Å². The summed E-state index contributed by atoms with van der Waals surface area (Å²) < 4.78 is 15.7. The van der Waals surface area contributed by atoms with Crippen molar-refractivity contribution in [1.29, 1.82) is 0 Å². The van der Waals surface area contributed by atoms with E-state index in [2.05, 4.69) is 10.6 Å². The molecule has 2 N–H and O–H groups in total. The zero-order chi connectivity index (χ0) is 18.4. The van der Waals surface area contributed by atoms with E-state index in [4.69, 9.17) is 25.8 Å². The number of carbonyl (C=O) groups is 1. The molecular weight excluding hydrogens is 344 g/mol. The lowest BCUT2D eigenvalue weighted by molar-refractivity contribution is -0.114. The summed E-state index contributed by atoms with van der Waals surface area (Å²) >= 11 is 6.08. The molecule has 0 fully saturated rings. The number of ether oxygens (including phenoxy) is 3. The predicted octanol–water partition coefficient (Wildman–Crippen LogP) is 3.72. The summed E-state index contributed by atoms with van der Waals surface area (Å²) in [5.41, 5.74) is 2.21. The Morgan fingerprint density at radius 2 is 1.68 bits per heavy atom. The summed E-state index contributed by atoms with van der Waals surface area (Å²) in [5.74, 6) is 1.51. The Kier molecular flexibility index (Phi) is 6.36. The highest BCUT2D eigenvalue weighted by molar-refractivity contribution is 6.31. The minimum Gasteiger partial charge on any atom is -0.495 e. The second-order valence-electron chi connectivity index (χ2n) is 5.27. The third kappa shape index (κ3) is 4.70. The van der Waals surface area contributed by atoms with Gasteiger partial charge in [0.25, 0.3) is 0 Å². The van der Waals surface area contributed by atoms with E-state index in [1.54, 1.807) is 45.6 Å². The highest BCUT2D eigenvalue weighted by Crippen LogP contribution is 2.31. The maximum Gasteiger partial charge on any atom is 0.243 e. The summed E-state index contributed by atoms with van der Waals surface area (Å²) in [4.78, 5) is 12.2. The van der Waals surface area contributed by atoms with Gasteiger partial charge in [-0.15, -0.1) is 0 Å². The number of halogens is 1.